The molecule has 0 aliphatic carbocycles. The van der Waals surface area contributed by atoms with Gasteiger partial charge in [0, 0.05) is 29.5 Å². The van der Waals surface area contributed by atoms with Gasteiger partial charge >= 0.3 is 0 Å². The number of pyridine rings is 1. The predicted molar refractivity (Wildman–Crippen MR) is 69.4 cm³/mol. The molecule has 2 aromatic heterocycles. The van der Waals surface area contributed by atoms with Crippen molar-refractivity contribution in [2.75, 3.05) is 7.11 Å². The van der Waals surface area contributed by atoms with E-state index in [4.69, 9.17) is 4.74 Å². The number of fused-ring (bicyclic) bond motifs is 1. The molecule has 0 unspecified atom stereocenters. The first kappa shape index (κ1) is 9.97. The van der Waals surface area contributed by atoms with Gasteiger partial charge in [-0.1, -0.05) is 30.3 Å². The number of benzene rings is 1. The highest BCUT2D eigenvalue weighted by Crippen LogP contribution is 2.24. The lowest BCUT2D eigenvalue weighted by molar-refractivity contribution is 0.414. The second kappa shape index (κ2) is 3.98. The monoisotopic (exact) mass is 223 g/mol. The molecule has 17 heavy (non-hydrogen) atoms. The summed E-state index contributed by atoms with van der Waals surface area (Å²) in [6.07, 6.45) is 4.14. The molecule has 0 atom stereocenters. The zero-order valence-electron chi connectivity index (χ0n) is 9.63. The fourth-order valence-electron chi connectivity index (χ4n) is 2.00. The van der Waals surface area contributed by atoms with Gasteiger partial charge in [-0.25, -0.2) is 0 Å². The van der Waals surface area contributed by atoms with Gasteiger partial charge in [0.25, 0.3) is 0 Å². The maximum Gasteiger partial charge on any atom is 0.122 e. The van der Waals surface area contributed by atoms with Crippen LogP contribution in [0.2, 0.25) is 0 Å². The summed E-state index contributed by atoms with van der Waals surface area (Å²) in [6.45, 7) is 0. The highest BCUT2D eigenvalue weighted by molar-refractivity contribution is 5.70. The Labute approximate surface area is 100 Å². The standard InChI is InChI=1S/C15H13NO/c1-17-15-7-8-16-11-13(9-14(16)10-15)12-5-3-2-4-6-12/h2-11H,1H3. The van der Waals surface area contributed by atoms with E-state index < -0.39 is 0 Å². The van der Waals surface area contributed by atoms with E-state index >= 15 is 0 Å². The molecule has 1 aromatic carbocycles. The summed E-state index contributed by atoms with van der Waals surface area (Å²) in [5.41, 5.74) is 3.59. The van der Waals surface area contributed by atoms with Crippen LogP contribution in [-0.4, -0.2) is 11.5 Å². The van der Waals surface area contributed by atoms with Crippen LogP contribution in [-0.2, 0) is 0 Å². The summed E-state index contributed by atoms with van der Waals surface area (Å²) in [7, 11) is 1.69. The fraction of sp³-hybridized carbons (Fsp3) is 0.0667. The largest absolute Gasteiger partial charge is 0.497 e. The highest BCUT2D eigenvalue weighted by Gasteiger charge is 2.02. The van der Waals surface area contributed by atoms with Crippen LogP contribution in [0, 0.1) is 0 Å². The average Bonchev–Trinajstić information content (AvgIpc) is 2.82. The number of rotatable bonds is 2. The quantitative estimate of drug-likeness (QED) is 0.647. The van der Waals surface area contributed by atoms with Gasteiger partial charge in [0.2, 0.25) is 0 Å². The summed E-state index contributed by atoms with van der Waals surface area (Å²) < 4.78 is 7.33. The Morgan fingerprint density at radius 3 is 2.53 bits per heavy atom. The lowest BCUT2D eigenvalue weighted by atomic mass is 10.1. The molecule has 2 heterocycles. The van der Waals surface area contributed by atoms with Gasteiger partial charge in [-0.2, -0.15) is 0 Å². The number of nitrogens with zero attached hydrogens (tertiary/aromatic N) is 1. The minimum absolute atomic E-state index is 0.884. The minimum Gasteiger partial charge on any atom is -0.497 e. The number of hydrogen-bond acceptors (Lipinski definition) is 1. The maximum atomic E-state index is 5.22. The lowest BCUT2D eigenvalue weighted by Gasteiger charge is -1.99. The van der Waals surface area contributed by atoms with Crippen LogP contribution >= 0.6 is 0 Å². The van der Waals surface area contributed by atoms with Crippen LogP contribution < -0.4 is 4.74 Å². The molecule has 0 N–H and O–H groups in total. The van der Waals surface area contributed by atoms with Crippen molar-refractivity contribution in [3.8, 4) is 16.9 Å². The minimum atomic E-state index is 0.884. The van der Waals surface area contributed by atoms with Crippen LogP contribution in [0.5, 0.6) is 5.75 Å². The molecule has 0 saturated carbocycles. The Hall–Kier alpha value is -2.22. The Morgan fingerprint density at radius 2 is 1.76 bits per heavy atom. The molecule has 0 aliphatic rings. The van der Waals surface area contributed by atoms with Crippen molar-refractivity contribution in [3.63, 3.8) is 0 Å². The van der Waals surface area contributed by atoms with Gasteiger partial charge < -0.3 is 9.14 Å². The van der Waals surface area contributed by atoms with Crippen molar-refractivity contribution in [1.29, 1.82) is 0 Å². The Bertz CT molecular complexity index is 640. The molecular weight excluding hydrogens is 210 g/mol. The van der Waals surface area contributed by atoms with Gasteiger partial charge in [-0.15, -0.1) is 0 Å². The summed E-state index contributed by atoms with van der Waals surface area (Å²) >= 11 is 0. The first-order valence-corrected chi connectivity index (χ1v) is 5.58. The molecule has 0 amide bonds. The van der Waals surface area contributed by atoms with E-state index in [0.717, 1.165) is 11.3 Å². The summed E-state index contributed by atoms with van der Waals surface area (Å²) in [4.78, 5) is 0. The molecular formula is C15H13NO. The summed E-state index contributed by atoms with van der Waals surface area (Å²) in [5.74, 6) is 0.884. The molecule has 0 saturated heterocycles. The number of ether oxygens (including phenoxy) is 1. The van der Waals surface area contributed by atoms with E-state index in [0.29, 0.717) is 0 Å². The van der Waals surface area contributed by atoms with Crippen molar-refractivity contribution in [1.82, 2.24) is 4.40 Å². The van der Waals surface area contributed by atoms with Crippen LogP contribution in [0.25, 0.3) is 16.6 Å². The van der Waals surface area contributed by atoms with Crippen LogP contribution in [0.1, 0.15) is 0 Å². The number of methoxy groups -OCH3 is 1. The third kappa shape index (κ3) is 1.78. The fourth-order valence-corrected chi connectivity index (χ4v) is 2.00. The molecule has 0 radical (unpaired) electrons. The van der Waals surface area contributed by atoms with E-state index in [1.54, 1.807) is 7.11 Å². The van der Waals surface area contributed by atoms with E-state index in [1.165, 1.54) is 11.1 Å². The molecule has 0 aliphatic heterocycles. The van der Waals surface area contributed by atoms with Crippen molar-refractivity contribution in [2.45, 2.75) is 0 Å². The van der Waals surface area contributed by atoms with Crippen LogP contribution in [0.15, 0.2) is 60.9 Å². The first-order chi connectivity index (χ1) is 8.36. The summed E-state index contributed by atoms with van der Waals surface area (Å²) in [5, 5.41) is 0. The van der Waals surface area contributed by atoms with Gasteiger partial charge in [-0.3, -0.25) is 0 Å². The van der Waals surface area contributed by atoms with Gasteiger partial charge in [0.05, 0.1) is 7.11 Å². The third-order valence-corrected chi connectivity index (χ3v) is 2.91. The third-order valence-electron chi connectivity index (χ3n) is 2.91. The van der Waals surface area contributed by atoms with Crippen molar-refractivity contribution in [3.05, 3.63) is 60.9 Å². The lowest BCUT2D eigenvalue weighted by Crippen LogP contribution is -1.85. The highest BCUT2D eigenvalue weighted by atomic mass is 16.5. The molecule has 2 heteroatoms. The SMILES string of the molecule is COc1ccn2cc(-c3ccccc3)cc2c1. The van der Waals surface area contributed by atoms with E-state index in [1.807, 2.05) is 24.4 Å². The van der Waals surface area contributed by atoms with Gasteiger partial charge in [0.15, 0.2) is 0 Å². The smallest absolute Gasteiger partial charge is 0.122 e. The number of aromatic nitrogens is 1. The number of hydrogen-bond donors (Lipinski definition) is 0. The van der Waals surface area contributed by atoms with Gasteiger partial charge in [0.1, 0.15) is 5.75 Å². The average molecular weight is 223 g/mol. The topological polar surface area (TPSA) is 13.6 Å². The zero-order chi connectivity index (χ0) is 11.7. The Morgan fingerprint density at radius 1 is 0.941 bits per heavy atom. The zero-order valence-corrected chi connectivity index (χ0v) is 9.63. The van der Waals surface area contributed by atoms with E-state index in [-0.39, 0.29) is 0 Å². The van der Waals surface area contributed by atoms with E-state index in [2.05, 4.69) is 40.9 Å². The molecule has 0 spiro atoms. The summed E-state index contributed by atoms with van der Waals surface area (Å²) in [6, 6.07) is 16.5. The molecule has 84 valence electrons. The molecule has 3 aromatic rings. The Balaban J connectivity index is 2.14. The van der Waals surface area contributed by atoms with Gasteiger partial charge in [-0.05, 0) is 17.7 Å². The predicted octanol–water partition coefficient (Wildman–Crippen LogP) is 3.61. The van der Waals surface area contributed by atoms with E-state index in [9.17, 15) is 0 Å². The first-order valence-electron chi connectivity index (χ1n) is 5.58. The molecule has 3 rings (SSSR count). The molecule has 2 nitrogen and oxygen atoms in total. The molecule has 0 bridgehead atoms. The second-order valence-corrected chi connectivity index (χ2v) is 3.99. The van der Waals surface area contributed by atoms with Crippen LogP contribution in [0.4, 0.5) is 0 Å². The van der Waals surface area contributed by atoms with Crippen molar-refractivity contribution >= 4 is 5.52 Å². The van der Waals surface area contributed by atoms with Crippen molar-refractivity contribution < 1.29 is 4.74 Å². The second-order valence-electron chi connectivity index (χ2n) is 3.99. The maximum absolute atomic E-state index is 5.22. The molecule has 0 fully saturated rings. The van der Waals surface area contributed by atoms with Crippen LogP contribution in [0.3, 0.4) is 0 Å². The normalized spacial score (nSPS) is 10.6. The van der Waals surface area contributed by atoms with Crippen molar-refractivity contribution in [2.24, 2.45) is 0 Å². The Kier molecular flexibility index (Phi) is 2.33.